The minimum Gasteiger partial charge on any atom is -0.396 e. The van der Waals surface area contributed by atoms with E-state index in [1.165, 1.54) is 0 Å². The van der Waals surface area contributed by atoms with Gasteiger partial charge in [-0.05, 0) is 117 Å². The third kappa shape index (κ3) is 6.85. The van der Waals surface area contributed by atoms with Gasteiger partial charge in [-0.15, -0.1) is 0 Å². The number of aromatic nitrogens is 7. The van der Waals surface area contributed by atoms with E-state index in [1.807, 2.05) is 0 Å². The van der Waals surface area contributed by atoms with Gasteiger partial charge in [-0.1, -0.05) is 212 Å². The summed E-state index contributed by atoms with van der Waals surface area (Å²) in [6.07, 6.45) is 0. The summed E-state index contributed by atoms with van der Waals surface area (Å²) in [6, 6.07) is 99.6. The topological polar surface area (TPSA) is 75.4 Å². The van der Waals surface area contributed by atoms with Crippen molar-refractivity contribution >= 4 is 83.2 Å². The first-order valence-corrected chi connectivity index (χ1v) is 27.8. The van der Waals surface area contributed by atoms with Gasteiger partial charge in [0.1, 0.15) is 0 Å². The summed E-state index contributed by atoms with van der Waals surface area (Å²) in [6.45, 7) is 0. The molecule has 0 fully saturated rings. The van der Waals surface area contributed by atoms with Crippen LogP contribution in [-0.2, 0) is 0 Å². The summed E-state index contributed by atoms with van der Waals surface area (Å²) in [4.78, 5) is 11.3. The highest BCUT2D eigenvalue weighted by Crippen LogP contribution is 2.48. The number of hydrogen-bond donors (Lipinski definition) is 1. The van der Waals surface area contributed by atoms with E-state index in [0.29, 0.717) is 5.69 Å². The van der Waals surface area contributed by atoms with Gasteiger partial charge in [0, 0.05) is 16.3 Å². The van der Waals surface area contributed by atoms with E-state index in [4.69, 9.17) is 15.7 Å². The van der Waals surface area contributed by atoms with Gasteiger partial charge in [0.25, 0.3) is 0 Å². The lowest BCUT2D eigenvalue weighted by atomic mass is 9.98. The van der Waals surface area contributed by atoms with E-state index < -0.39 is 0 Å². The molecule has 0 unspecified atom stereocenters. The van der Waals surface area contributed by atoms with Crippen LogP contribution in [0.5, 0.6) is 0 Å². The van der Waals surface area contributed by atoms with Crippen LogP contribution in [0.2, 0.25) is 0 Å². The molecule has 17 aromatic rings. The number of nitrogen functional groups attached to an aromatic ring is 1. The van der Waals surface area contributed by atoms with E-state index >= 15 is 0 Å². The number of benzene rings is 12. The molecular weight excluding hydrogens is 1000 g/mol. The van der Waals surface area contributed by atoms with E-state index in [2.05, 4.69) is 302 Å². The van der Waals surface area contributed by atoms with E-state index in [0.717, 1.165) is 150 Å². The van der Waals surface area contributed by atoms with Crippen molar-refractivity contribution in [3.05, 3.63) is 279 Å². The normalized spacial score (nSPS) is 12.0. The smallest absolute Gasteiger partial charge is 0.220 e. The average molecular weight is 1050 g/mol. The summed E-state index contributed by atoms with van der Waals surface area (Å²) in [5, 5.41) is 2.27. The van der Waals surface area contributed by atoms with Crippen molar-refractivity contribution in [3.8, 4) is 72.7 Å². The summed E-state index contributed by atoms with van der Waals surface area (Å²) in [5.41, 5.74) is 32.2. The molecule has 8 nitrogen and oxygen atoms in total. The Morgan fingerprint density at radius 3 is 1.04 bits per heavy atom. The number of imidazole rings is 4. The molecule has 0 aliphatic heterocycles. The summed E-state index contributed by atoms with van der Waals surface area (Å²) >= 11 is 0. The second kappa shape index (κ2) is 17.9. The zero-order chi connectivity index (χ0) is 54.0. The van der Waals surface area contributed by atoms with Crippen LogP contribution >= 0.6 is 0 Å². The van der Waals surface area contributed by atoms with Gasteiger partial charge in [0.05, 0.1) is 77.9 Å². The van der Waals surface area contributed by atoms with Gasteiger partial charge >= 0.3 is 0 Å². The quantitative estimate of drug-likeness (QED) is 0.154. The van der Waals surface area contributed by atoms with Gasteiger partial charge in [-0.2, -0.15) is 0 Å². The van der Waals surface area contributed by atoms with E-state index in [-0.39, 0.29) is 0 Å². The van der Waals surface area contributed by atoms with Gasteiger partial charge in [0.15, 0.2) is 0 Å². The van der Waals surface area contributed by atoms with Crippen LogP contribution in [0, 0.1) is 0 Å². The lowest BCUT2D eigenvalue weighted by Crippen LogP contribution is -2.12. The first-order valence-electron chi connectivity index (χ1n) is 27.8. The first-order chi connectivity index (χ1) is 40.6. The van der Waals surface area contributed by atoms with Crippen molar-refractivity contribution in [3.63, 3.8) is 0 Å². The lowest BCUT2D eigenvalue weighted by molar-refractivity contribution is 1.05. The summed E-state index contributed by atoms with van der Waals surface area (Å²) < 4.78 is 11.8. The molecular formula is C74H48N8. The Hall–Kier alpha value is -11.2. The van der Waals surface area contributed by atoms with Crippen molar-refractivity contribution in [2.45, 2.75) is 0 Å². The van der Waals surface area contributed by atoms with Gasteiger partial charge in [-0.25, -0.2) is 9.97 Å². The molecule has 12 aromatic carbocycles. The minimum atomic E-state index is 0.608. The zero-order valence-corrected chi connectivity index (χ0v) is 44.3. The highest BCUT2D eigenvalue weighted by atomic mass is 15.2. The summed E-state index contributed by atoms with van der Waals surface area (Å²) in [7, 11) is 0. The Bertz CT molecular complexity index is 5320. The Morgan fingerprint density at radius 1 is 0.256 bits per heavy atom. The molecule has 0 atom stereocenters. The lowest BCUT2D eigenvalue weighted by Gasteiger charge is -2.24. The largest absolute Gasteiger partial charge is 0.396 e. The Labute approximate surface area is 470 Å². The summed E-state index contributed by atoms with van der Waals surface area (Å²) in [5.74, 6) is 1.53. The van der Waals surface area contributed by atoms with Gasteiger partial charge in [0.2, 0.25) is 11.6 Å². The SMILES string of the molecule is Nc1c(-c2ccccc2)c(-n2c3ccc(-c4ccccc4)cc3n3c4cc(-c5ccccc5)ccc4nc23)cc(-n2c3ccc(-c4ccccc4)cc3n3c4cc(-c5ccccc5)ccc4nc23)c1-n1c2ccccc2c2ccccc21. The second-order valence-corrected chi connectivity index (χ2v) is 21.2. The first kappa shape index (κ1) is 45.8. The molecule has 0 radical (unpaired) electrons. The number of hydrogen-bond acceptors (Lipinski definition) is 3. The fourth-order valence-electron chi connectivity index (χ4n) is 12.9. The highest BCUT2D eigenvalue weighted by Gasteiger charge is 2.30. The molecule has 0 saturated carbocycles. The maximum absolute atomic E-state index is 8.30. The number of para-hydroxylation sites is 2. The molecule has 0 saturated heterocycles. The Balaban J connectivity index is 1.06. The zero-order valence-electron chi connectivity index (χ0n) is 44.3. The van der Waals surface area contributed by atoms with Crippen molar-refractivity contribution in [2.24, 2.45) is 0 Å². The second-order valence-electron chi connectivity index (χ2n) is 21.2. The van der Waals surface area contributed by atoms with E-state index in [1.54, 1.807) is 0 Å². The Morgan fingerprint density at radius 2 is 0.610 bits per heavy atom. The van der Waals surface area contributed by atoms with Crippen LogP contribution < -0.4 is 5.73 Å². The number of anilines is 1. The van der Waals surface area contributed by atoms with Crippen LogP contribution in [0.3, 0.4) is 0 Å². The molecule has 2 N–H and O–H groups in total. The fraction of sp³-hybridized carbons (Fsp3) is 0. The number of nitrogens with zero attached hydrogens (tertiary/aromatic N) is 7. The van der Waals surface area contributed by atoms with E-state index in [9.17, 15) is 0 Å². The molecule has 0 aliphatic rings. The standard InChI is InChI=1S/C74H48N8/c75-71-70(51-28-14-5-15-29-51)68(79-62-40-36-54(49-24-10-3-11-25-49)44-66(62)81-64-42-52(47-20-6-1-7-21-47)34-38-58(64)76-73(79)81)46-69(72(71)78-60-32-18-16-30-56(60)57-31-17-19-33-61(57)78)80-63-41-37-55(50-26-12-4-13-27-50)45-67(63)82-65-43-53(48-22-8-2-9-23-48)35-39-59(65)77-74(80)82/h1-46H,75H2. The third-order valence-corrected chi connectivity index (χ3v) is 16.7. The maximum Gasteiger partial charge on any atom is 0.220 e. The van der Waals surface area contributed by atoms with Crippen molar-refractivity contribution in [1.82, 2.24) is 32.5 Å². The molecule has 8 heteroatoms. The minimum absolute atomic E-state index is 0.608. The Kier molecular flexibility index (Phi) is 9.99. The monoisotopic (exact) mass is 1050 g/mol. The van der Waals surface area contributed by atoms with Gasteiger partial charge in [-0.3, -0.25) is 17.9 Å². The molecule has 5 heterocycles. The predicted molar refractivity (Wildman–Crippen MR) is 339 cm³/mol. The van der Waals surface area contributed by atoms with Crippen molar-refractivity contribution in [1.29, 1.82) is 0 Å². The van der Waals surface area contributed by atoms with Crippen LogP contribution in [0.15, 0.2) is 279 Å². The molecule has 384 valence electrons. The average Bonchev–Trinajstić information content (AvgIpc) is 2.32. The molecule has 0 spiro atoms. The molecule has 82 heavy (non-hydrogen) atoms. The molecule has 17 rings (SSSR count). The van der Waals surface area contributed by atoms with Crippen molar-refractivity contribution in [2.75, 3.05) is 5.73 Å². The van der Waals surface area contributed by atoms with Gasteiger partial charge < -0.3 is 10.3 Å². The number of nitrogens with two attached hydrogens (primary N) is 1. The molecule has 0 aliphatic carbocycles. The van der Waals surface area contributed by atoms with Crippen LogP contribution in [0.1, 0.15) is 0 Å². The molecule has 0 bridgehead atoms. The fourth-order valence-corrected chi connectivity index (χ4v) is 12.9. The van der Waals surface area contributed by atoms with Crippen LogP contribution in [0.4, 0.5) is 5.69 Å². The third-order valence-electron chi connectivity index (χ3n) is 16.7. The predicted octanol–water partition coefficient (Wildman–Crippen LogP) is 18.2. The number of fused-ring (bicyclic) bond motifs is 13. The van der Waals surface area contributed by atoms with Crippen LogP contribution in [-0.4, -0.2) is 32.5 Å². The highest BCUT2D eigenvalue weighted by molar-refractivity contribution is 6.11. The number of rotatable bonds is 8. The maximum atomic E-state index is 8.30. The van der Waals surface area contributed by atoms with Crippen molar-refractivity contribution < 1.29 is 0 Å². The molecule has 5 aromatic heterocycles. The van der Waals surface area contributed by atoms with Crippen LogP contribution in [0.25, 0.3) is 150 Å². The molecule has 0 amide bonds.